The van der Waals surface area contributed by atoms with Crippen molar-refractivity contribution in [2.24, 2.45) is 0 Å². The molecule has 3 heteroatoms. The van der Waals surface area contributed by atoms with Gasteiger partial charge >= 0.3 is 0 Å². The van der Waals surface area contributed by atoms with Crippen LogP contribution in [0.2, 0.25) is 0 Å². The number of aryl methyl sites for hydroxylation is 4. The number of aromatic nitrogens is 3. The first-order chi connectivity index (χ1) is 37.4. The Balaban J connectivity index is 0.0000000970. The smallest absolute Gasteiger partial charge is 0.0974 e. The highest BCUT2D eigenvalue weighted by Crippen LogP contribution is 2.39. The molecule has 0 aliphatic carbocycles. The predicted molar refractivity (Wildman–Crippen MR) is 328 cm³/mol. The van der Waals surface area contributed by atoms with Crippen molar-refractivity contribution in [3.8, 4) is 0 Å². The lowest BCUT2D eigenvalue weighted by atomic mass is 9.92. The normalized spacial score (nSPS) is 11.4. The molecule has 2 heterocycles. The van der Waals surface area contributed by atoms with Gasteiger partial charge in [-0.1, -0.05) is 230 Å². The van der Waals surface area contributed by atoms with Crippen molar-refractivity contribution in [2.45, 2.75) is 27.7 Å². The summed E-state index contributed by atoms with van der Waals surface area (Å²) in [6.07, 6.45) is 5.41. The fourth-order valence-electron chi connectivity index (χ4n) is 12.0. The number of hydrogen-bond acceptors (Lipinski definition) is 3. The molecule has 2 aromatic heterocycles. The van der Waals surface area contributed by atoms with Crippen LogP contribution < -0.4 is 0 Å². The first-order valence-electron chi connectivity index (χ1n) is 26.2. The van der Waals surface area contributed by atoms with Gasteiger partial charge in [0.05, 0.1) is 16.6 Å². The second kappa shape index (κ2) is 19.4. The number of pyridine rings is 1. The number of fused-ring (bicyclic) bond motifs is 24. The summed E-state index contributed by atoms with van der Waals surface area (Å²) in [5, 5.41) is 27.5. The minimum atomic E-state index is 0.986. The third-order valence-electron chi connectivity index (χ3n) is 15.4. The van der Waals surface area contributed by atoms with Crippen LogP contribution in [-0.2, 0) is 0 Å². The van der Waals surface area contributed by atoms with E-state index in [1.54, 1.807) is 12.4 Å². The minimum absolute atomic E-state index is 0.986. The number of rotatable bonds is 0. The van der Waals surface area contributed by atoms with E-state index < -0.39 is 0 Å². The Bertz CT molecular complexity index is 4300. The molecule has 0 saturated heterocycles. The second-order valence-electron chi connectivity index (χ2n) is 20.0. The highest BCUT2D eigenvalue weighted by Gasteiger charge is 2.14. The third-order valence-corrected chi connectivity index (χ3v) is 15.4. The Labute approximate surface area is 441 Å². The SMILES string of the molecule is Cc1ccc2c3ccccc3c3ccccc3c2c1.Cc1cccc2c3ccccc3c3ccccc3c12.Cc1cccc2c3ccccc3c3cccnc3c12.Cc1cccc2c3ccccc3c3nccnc3c12. The van der Waals surface area contributed by atoms with E-state index in [2.05, 4.69) is 267 Å². The quantitative estimate of drug-likeness (QED) is 0.142. The lowest BCUT2D eigenvalue weighted by molar-refractivity contribution is 1.31. The summed E-state index contributed by atoms with van der Waals surface area (Å²) >= 11 is 0. The molecule has 0 amide bonds. The van der Waals surface area contributed by atoms with Crippen molar-refractivity contribution in [1.29, 1.82) is 0 Å². The maximum atomic E-state index is 4.62. The van der Waals surface area contributed by atoms with E-state index in [1.165, 1.54) is 135 Å². The predicted octanol–water partition coefficient (Wildman–Crippen LogP) is 20.0. The molecule has 0 radical (unpaired) electrons. The van der Waals surface area contributed by atoms with Gasteiger partial charge in [-0.15, -0.1) is 0 Å². The van der Waals surface area contributed by atoms with Crippen LogP contribution in [0.3, 0.4) is 0 Å². The van der Waals surface area contributed by atoms with Crippen molar-refractivity contribution in [2.75, 3.05) is 0 Å². The summed E-state index contributed by atoms with van der Waals surface area (Å²) in [5.74, 6) is 0. The zero-order valence-corrected chi connectivity index (χ0v) is 43.0. The molecule has 3 nitrogen and oxygen atoms in total. The summed E-state index contributed by atoms with van der Waals surface area (Å²) in [5.41, 5.74) is 8.27. The van der Waals surface area contributed by atoms with Crippen LogP contribution in [0.4, 0.5) is 0 Å². The first kappa shape index (κ1) is 46.2. The van der Waals surface area contributed by atoms with Crippen molar-refractivity contribution in [3.05, 3.63) is 271 Å². The van der Waals surface area contributed by atoms with Gasteiger partial charge in [-0.3, -0.25) is 15.0 Å². The molecule has 0 spiro atoms. The van der Waals surface area contributed by atoms with Gasteiger partial charge in [0.15, 0.2) is 0 Å². The van der Waals surface area contributed by atoms with Crippen LogP contribution in [0.15, 0.2) is 249 Å². The van der Waals surface area contributed by atoms with Gasteiger partial charge in [0, 0.05) is 40.1 Å². The summed E-state index contributed by atoms with van der Waals surface area (Å²) in [7, 11) is 0. The Kier molecular flexibility index (Phi) is 11.8. The number of benzene rings is 14. The lowest BCUT2D eigenvalue weighted by Gasteiger charge is -2.11. The molecule has 360 valence electrons. The van der Waals surface area contributed by atoms with E-state index in [1.807, 2.05) is 12.3 Å². The average Bonchev–Trinajstić information content (AvgIpc) is 3.49. The molecular formula is C73H53N3. The number of hydrogen-bond donors (Lipinski definition) is 0. The maximum Gasteiger partial charge on any atom is 0.0974 e. The van der Waals surface area contributed by atoms with Crippen molar-refractivity contribution < 1.29 is 0 Å². The van der Waals surface area contributed by atoms with E-state index in [4.69, 9.17) is 0 Å². The van der Waals surface area contributed by atoms with E-state index in [0.717, 1.165) is 16.6 Å². The highest BCUT2D eigenvalue weighted by atomic mass is 14.8. The Morgan fingerprint density at radius 1 is 0.197 bits per heavy atom. The fourth-order valence-corrected chi connectivity index (χ4v) is 12.0. The zero-order valence-electron chi connectivity index (χ0n) is 43.0. The molecule has 0 aliphatic heterocycles. The Morgan fingerprint density at radius 3 is 0.974 bits per heavy atom. The van der Waals surface area contributed by atoms with Gasteiger partial charge in [-0.25, -0.2) is 0 Å². The van der Waals surface area contributed by atoms with Gasteiger partial charge in [-0.05, 0) is 142 Å². The summed E-state index contributed by atoms with van der Waals surface area (Å²) in [6.45, 7) is 8.64. The molecule has 16 rings (SSSR count). The topological polar surface area (TPSA) is 38.7 Å². The minimum Gasteiger partial charge on any atom is -0.256 e. The van der Waals surface area contributed by atoms with Gasteiger partial charge in [0.1, 0.15) is 0 Å². The van der Waals surface area contributed by atoms with Crippen molar-refractivity contribution in [1.82, 2.24) is 15.0 Å². The molecule has 0 saturated carbocycles. The van der Waals surface area contributed by atoms with E-state index in [-0.39, 0.29) is 0 Å². The van der Waals surface area contributed by atoms with Crippen LogP contribution in [0, 0.1) is 27.7 Å². The molecule has 0 atom stereocenters. The van der Waals surface area contributed by atoms with Crippen LogP contribution in [0.1, 0.15) is 22.3 Å². The zero-order chi connectivity index (χ0) is 51.3. The van der Waals surface area contributed by atoms with Gasteiger partial charge in [0.25, 0.3) is 0 Å². The standard InChI is InChI=1S/2C19H14.C18H13N.C17H12N2/c1-13-7-6-12-18-16-9-3-2-8-14(16)15-10-4-5-11-17(15)19(13)18;1-13-10-11-18-16-8-3-2-6-14(16)15-7-4-5-9-17(15)19(18)12-13;1-12-6-4-9-15-13-7-2-3-8-14(13)16-10-5-11-19-18(16)17(12)15;1-11-5-4-8-13-12-6-2-3-7-14(12)16-17(15(11)13)19-10-9-18-16/h2*2-12H,1H3;2-11H,1H3;2-10H,1H3. The van der Waals surface area contributed by atoms with Gasteiger partial charge < -0.3 is 0 Å². The third kappa shape index (κ3) is 7.88. The van der Waals surface area contributed by atoms with Crippen LogP contribution in [-0.4, -0.2) is 15.0 Å². The molecule has 0 fully saturated rings. The van der Waals surface area contributed by atoms with Crippen LogP contribution >= 0.6 is 0 Å². The maximum absolute atomic E-state index is 4.62. The largest absolute Gasteiger partial charge is 0.256 e. The van der Waals surface area contributed by atoms with Crippen molar-refractivity contribution >= 4 is 130 Å². The van der Waals surface area contributed by atoms with Gasteiger partial charge in [0.2, 0.25) is 0 Å². The lowest BCUT2D eigenvalue weighted by Crippen LogP contribution is -1.89. The van der Waals surface area contributed by atoms with Crippen LogP contribution in [0.25, 0.3) is 130 Å². The van der Waals surface area contributed by atoms with E-state index >= 15 is 0 Å². The molecule has 14 aromatic carbocycles. The molecular weight excluding hydrogens is 919 g/mol. The molecule has 0 aliphatic rings. The Hall–Kier alpha value is -9.57. The molecule has 16 aromatic rings. The summed E-state index contributed by atoms with van der Waals surface area (Å²) in [4.78, 5) is 13.7. The highest BCUT2D eigenvalue weighted by molar-refractivity contribution is 6.28. The molecule has 0 N–H and O–H groups in total. The molecule has 0 unspecified atom stereocenters. The summed E-state index contributed by atoms with van der Waals surface area (Å²) in [6, 6.07) is 82.1. The number of nitrogens with zero attached hydrogens (tertiary/aromatic N) is 3. The monoisotopic (exact) mass is 971 g/mol. The summed E-state index contributed by atoms with van der Waals surface area (Å²) < 4.78 is 0. The Morgan fingerprint density at radius 2 is 0.487 bits per heavy atom. The van der Waals surface area contributed by atoms with Gasteiger partial charge in [-0.2, -0.15) is 0 Å². The molecule has 0 bridgehead atoms. The average molecular weight is 972 g/mol. The van der Waals surface area contributed by atoms with E-state index in [0.29, 0.717) is 0 Å². The molecule has 76 heavy (non-hydrogen) atoms. The second-order valence-corrected chi connectivity index (χ2v) is 20.0. The van der Waals surface area contributed by atoms with Crippen LogP contribution in [0.5, 0.6) is 0 Å². The fraction of sp³-hybridized carbons (Fsp3) is 0.0548. The van der Waals surface area contributed by atoms with Crippen molar-refractivity contribution in [3.63, 3.8) is 0 Å². The first-order valence-corrected chi connectivity index (χ1v) is 26.2. The van der Waals surface area contributed by atoms with E-state index in [9.17, 15) is 0 Å².